The fraction of sp³-hybridized carbons (Fsp3) is 0.714. The average Bonchev–Trinajstić information content (AvgIpc) is 2.54. The van der Waals surface area contributed by atoms with Gasteiger partial charge in [-0.3, -0.25) is 4.79 Å². The molecule has 138 valence electrons. The molecule has 0 N–H and O–H groups in total. The predicted octanol–water partition coefficient (Wildman–Crippen LogP) is 5.17. The van der Waals surface area contributed by atoms with Gasteiger partial charge in [-0.05, 0) is 31.6 Å². The first-order valence-electron chi connectivity index (χ1n) is 9.46. The highest BCUT2D eigenvalue weighted by Crippen LogP contribution is 2.23. The summed E-state index contributed by atoms with van der Waals surface area (Å²) in [5, 5.41) is 0. The number of nitrogens with zero attached hydrogens (tertiary/aromatic N) is 1. The van der Waals surface area contributed by atoms with Gasteiger partial charge in [-0.2, -0.15) is 0 Å². The molecule has 0 rings (SSSR count). The van der Waals surface area contributed by atoms with Crippen LogP contribution >= 0.6 is 0 Å². The van der Waals surface area contributed by atoms with Crippen LogP contribution in [0.3, 0.4) is 0 Å². The molecule has 0 bridgehead atoms. The molecule has 0 aliphatic carbocycles. The zero-order chi connectivity index (χ0) is 18.5. The smallest absolute Gasteiger partial charge is 0.229 e. The summed E-state index contributed by atoms with van der Waals surface area (Å²) in [4.78, 5) is 25.8. The van der Waals surface area contributed by atoms with Crippen LogP contribution in [-0.4, -0.2) is 30.2 Å². The number of unbranched alkanes of at least 4 members (excludes halogenated alkanes) is 1. The number of allylic oxidation sites excluding steroid dienone is 1. The van der Waals surface area contributed by atoms with Gasteiger partial charge < -0.3 is 9.69 Å². The highest BCUT2D eigenvalue weighted by molar-refractivity contribution is 5.82. The number of amides is 1. The molecule has 0 aromatic rings. The Morgan fingerprint density at radius 3 is 2.21 bits per heavy atom. The van der Waals surface area contributed by atoms with Crippen LogP contribution in [0.1, 0.15) is 72.6 Å². The Bertz CT molecular complexity index is 412. The summed E-state index contributed by atoms with van der Waals surface area (Å²) in [6.45, 7) is 18.2. The second-order valence-corrected chi connectivity index (χ2v) is 6.97. The van der Waals surface area contributed by atoms with Gasteiger partial charge in [-0.1, -0.05) is 64.8 Å². The van der Waals surface area contributed by atoms with Gasteiger partial charge in [0.2, 0.25) is 5.91 Å². The Morgan fingerprint density at radius 2 is 1.71 bits per heavy atom. The van der Waals surface area contributed by atoms with Gasteiger partial charge in [0, 0.05) is 19.5 Å². The highest BCUT2D eigenvalue weighted by Gasteiger charge is 2.25. The summed E-state index contributed by atoms with van der Waals surface area (Å²) < 4.78 is 0. The molecule has 1 amide bonds. The van der Waals surface area contributed by atoms with Gasteiger partial charge >= 0.3 is 0 Å². The lowest BCUT2D eigenvalue weighted by atomic mass is 9.91. The molecule has 0 aromatic carbocycles. The number of aldehydes is 1. The number of rotatable bonds is 14. The van der Waals surface area contributed by atoms with E-state index in [-0.39, 0.29) is 18.2 Å². The fourth-order valence-electron chi connectivity index (χ4n) is 2.77. The van der Waals surface area contributed by atoms with Crippen LogP contribution in [0.2, 0.25) is 0 Å². The van der Waals surface area contributed by atoms with Crippen LogP contribution in [0.15, 0.2) is 24.3 Å². The van der Waals surface area contributed by atoms with Crippen molar-refractivity contribution in [2.75, 3.05) is 13.1 Å². The van der Waals surface area contributed by atoms with Gasteiger partial charge in [-0.25, -0.2) is 0 Å². The lowest BCUT2D eigenvalue weighted by Gasteiger charge is -2.28. The van der Waals surface area contributed by atoms with Crippen molar-refractivity contribution in [3.8, 4) is 0 Å². The molecular weight excluding hydrogens is 298 g/mol. The van der Waals surface area contributed by atoms with E-state index in [0.29, 0.717) is 5.92 Å². The summed E-state index contributed by atoms with van der Waals surface area (Å²) in [6.07, 6.45) is 6.80. The quantitative estimate of drug-likeness (QED) is 0.324. The van der Waals surface area contributed by atoms with Crippen LogP contribution < -0.4 is 0 Å². The molecule has 0 aromatic heterocycles. The van der Waals surface area contributed by atoms with Crippen molar-refractivity contribution in [3.63, 3.8) is 0 Å². The van der Waals surface area contributed by atoms with E-state index in [9.17, 15) is 9.59 Å². The Balaban J connectivity index is 4.87. The van der Waals surface area contributed by atoms with Gasteiger partial charge in [0.15, 0.2) is 0 Å². The van der Waals surface area contributed by atoms with E-state index < -0.39 is 0 Å². The summed E-state index contributed by atoms with van der Waals surface area (Å²) >= 11 is 0. The maximum absolute atomic E-state index is 13.0. The Kier molecular flexibility index (Phi) is 12.2. The van der Waals surface area contributed by atoms with Crippen molar-refractivity contribution in [2.24, 2.45) is 11.8 Å². The zero-order valence-corrected chi connectivity index (χ0v) is 16.3. The van der Waals surface area contributed by atoms with Crippen molar-refractivity contribution < 1.29 is 9.59 Å². The minimum absolute atomic E-state index is 0.146. The molecule has 0 aliphatic heterocycles. The summed E-state index contributed by atoms with van der Waals surface area (Å²) in [5.41, 5.74) is 2.00. The molecule has 0 heterocycles. The number of hydrogen-bond acceptors (Lipinski definition) is 2. The maximum atomic E-state index is 13.0. The summed E-state index contributed by atoms with van der Waals surface area (Å²) in [5.74, 6) is 0.423. The standard InChI is InChI=1S/C21H37NO2/c1-7-9-12-20(19(6)13-16-23)21(24)22(14-8-2)15-10-11-18(5)17(3)4/h16-17,20H,5-15H2,1-4H3/t20-/m1/s1. The SMILES string of the molecule is C=C(CCCN(CCC)C(=O)[C@H](CCCC)C(=C)CC=O)C(C)C. The molecule has 0 aliphatic rings. The third kappa shape index (κ3) is 8.47. The first-order valence-corrected chi connectivity index (χ1v) is 9.46. The first kappa shape index (κ1) is 22.6. The lowest BCUT2D eigenvalue weighted by Crippen LogP contribution is -2.38. The molecule has 3 nitrogen and oxygen atoms in total. The van der Waals surface area contributed by atoms with E-state index in [1.54, 1.807) is 0 Å². The number of hydrogen-bond donors (Lipinski definition) is 0. The van der Waals surface area contributed by atoms with Gasteiger partial charge in [0.1, 0.15) is 6.29 Å². The molecule has 0 spiro atoms. The molecule has 0 saturated carbocycles. The monoisotopic (exact) mass is 335 g/mol. The van der Waals surface area contributed by atoms with E-state index in [0.717, 1.165) is 63.5 Å². The molecular formula is C21H37NO2. The van der Waals surface area contributed by atoms with Crippen LogP contribution in [0, 0.1) is 11.8 Å². The van der Waals surface area contributed by atoms with Crippen molar-refractivity contribution in [1.29, 1.82) is 0 Å². The fourth-order valence-corrected chi connectivity index (χ4v) is 2.77. The van der Waals surface area contributed by atoms with Crippen molar-refractivity contribution in [2.45, 2.75) is 72.6 Å². The Morgan fingerprint density at radius 1 is 1.04 bits per heavy atom. The average molecular weight is 336 g/mol. The van der Waals surface area contributed by atoms with Gasteiger partial charge in [0.05, 0.1) is 5.92 Å². The normalized spacial score (nSPS) is 12.0. The maximum Gasteiger partial charge on any atom is 0.229 e. The van der Waals surface area contributed by atoms with Crippen LogP contribution in [0.4, 0.5) is 0 Å². The number of carbonyl (C=O) groups is 2. The van der Waals surface area contributed by atoms with Crippen LogP contribution in [0.5, 0.6) is 0 Å². The van der Waals surface area contributed by atoms with E-state index in [4.69, 9.17) is 0 Å². The zero-order valence-electron chi connectivity index (χ0n) is 16.3. The van der Waals surface area contributed by atoms with E-state index >= 15 is 0 Å². The van der Waals surface area contributed by atoms with Crippen molar-refractivity contribution in [1.82, 2.24) is 4.90 Å². The van der Waals surface area contributed by atoms with Crippen LogP contribution in [-0.2, 0) is 9.59 Å². The first-order chi connectivity index (χ1) is 11.4. The van der Waals surface area contributed by atoms with Crippen LogP contribution in [0.25, 0.3) is 0 Å². The molecule has 24 heavy (non-hydrogen) atoms. The second-order valence-electron chi connectivity index (χ2n) is 6.97. The van der Waals surface area contributed by atoms with Gasteiger partial charge in [-0.15, -0.1) is 0 Å². The lowest BCUT2D eigenvalue weighted by molar-refractivity contribution is -0.134. The second kappa shape index (κ2) is 13.0. The van der Waals surface area contributed by atoms with Gasteiger partial charge in [0.25, 0.3) is 0 Å². The summed E-state index contributed by atoms with van der Waals surface area (Å²) in [6, 6.07) is 0. The Hall–Kier alpha value is -1.38. The topological polar surface area (TPSA) is 37.4 Å². The third-order valence-corrected chi connectivity index (χ3v) is 4.53. The molecule has 1 atom stereocenters. The molecule has 0 radical (unpaired) electrons. The van der Waals surface area contributed by atoms with E-state index in [1.165, 1.54) is 5.57 Å². The van der Waals surface area contributed by atoms with E-state index in [1.807, 2.05) is 4.90 Å². The minimum atomic E-state index is -0.213. The third-order valence-electron chi connectivity index (χ3n) is 4.53. The Labute approximate surface area is 149 Å². The van der Waals surface area contributed by atoms with E-state index in [2.05, 4.69) is 40.9 Å². The summed E-state index contributed by atoms with van der Waals surface area (Å²) in [7, 11) is 0. The highest BCUT2D eigenvalue weighted by atomic mass is 16.2. The van der Waals surface area contributed by atoms with Crippen molar-refractivity contribution >= 4 is 12.2 Å². The molecule has 0 unspecified atom stereocenters. The minimum Gasteiger partial charge on any atom is -0.342 e. The molecule has 0 saturated heterocycles. The molecule has 3 heteroatoms. The number of carbonyl (C=O) groups excluding carboxylic acids is 2. The van der Waals surface area contributed by atoms with Crippen molar-refractivity contribution in [3.05, 3.63) is 24.3 Å². The predicted molar refractivity (Wildman–Crippen MR) is 103 cm³/mol. The largest absolute Gasteiger partial charge is 0.342 e. The molecule has 0 fully saturated rings.